The van der Waals surface area contributed by atoms with Crippen molar-refractivity contribution in [3.05, 3.63) is 34.8 Å². The van der Waals surface area contributed by atoms with Gasteiger partial charge >= 0.3 is 12.4 Å². The highest BCUT2D eigenvalue weighted by atomic mass is 19.4. The van der Waals surface area contributed by atoms with Crippen molar-refractivity contribution < 1.29 is 26.3 Å². The van der Waals surface area contributed by atoms with E-state index in [1.807, 2.05) is 0 Å². The Morgan fingerprint density at radius 3 is 1.69 bits per heavy atom. The van der Waals surface area contributed by atoms with Crippen LogP contribution in [0.1, 0.15) is 13.8 Å². The molecule has 16 heavy (non-hydrogen) atoms. The molecule has 0 saturated carbocycles. The van der Waals surface area contributed by atoms with Gasteiger partial charge in [0.15, 0.2) is 5.57 Å². The number of allylic oxidation sites excluding steroid dienone is 4. The van der Waals surface area contributed by atoms with Crippen LogP contribution in [-0.4, -0.2) is 12.4 Å². The summed E-state index contributed by atoms with van der Waals surface area (Å²) in [4.78, 5) is 0. The molecule has 0 fully saturated rings. The van der Waals surface area contributed by atoms with E-state index < -0.39 is 17.9 Å². The average molecular weight is 242 g/mol. The van der Waals surface area contributed by atoms with Crippen LogP contribution in [0.2, 0.25) is 0 Å². The molecule has 0 bridgehead atoms. The lowest BCUT2D eigenvalue weighted by molar-refractivity contribution is -0.171. The van der Waals surface area contributed by atoms with Crippen molar-refractivity contribution in [2.45, 2.75) is 26.2 Å². The van der Waals surface area contributed by atoms with E-state index in [1.54, 1.807) is 19.6 Å². The van der Waals surface area contributed by atoms with Gasteiger partial charge in [0.1, 0.15) is 0 Å². The zero-order valence-electron chi connectivity index (χ0n) is 8.42. The lowest BCUT2D eigenvalue weighted by Crippen LogP contribution is -2.25. The summed E-state index contributed by atoms with van der Waals surface area (Å²) in [6.07, 6.45) is -8.71. The summed E-state index contributed by atoms with van der Waals surface area (Å²) in [5, 5.41) is 0. The monoisotopic (exact) mass is 242 g/mol. The van der Waals surface area contributed by atoms with Crippen molar-refractivity contribution in [3.8, 4) is 0 Å². The summed E-state index contributed by atoms with van der Waals surface area (Å²) in [5.41, 5.74) is 0.795. The van der Waals surface area contributed by atoms with E-state index in [0.717, 1.165) is 17.4 Å². The van der Waals surface area contributed by atoms with Crippen molar-refractivity contribution in [1.82, 2.24) is 0 Å². The standard InChI is InChI=1S/C10H8F6/c1-7(2)5-3-4-6-8(9(11,12)13)10(14,15)16/h3,5H,1-2H3. The fourth-order valence-corrected chi connectivity index (χ4v) is 0.625. The molecule has 0 atom stereocenters. The zero-order chi connectivity index (χ0) is 13.0. The van der Waals surface area contributed by atoms with Gasteiger partial charge in [0.05, 0.1) is 0 Å². The lowest BCUT2D eigenvalue weighted by atomic mass is 10.2. The molecule has 0 saturated heterocycles. The first-order chi connectivity index (χ1) is 7.05. The topological polar surface area (TPSA) is 0 Å². The summed E-state index contributed by atoms with van der Waals surface area (Å²) >= 11 is 0. The SMILES string of the molecule is CC(C)=CC=C=C=C(C(F)(F)F)C(F)(F)F. The molecule has 0 rings (SSSR count). The van der Waals surface area contributed by atoms with Gasteiger partial charge in [-0.3, -0.25) is 0 Å². The predicted octanol–water partition coefficient (Wildman–Crippen LogP) is 4.31. The fraction of sp³-hybridized carbons (Fsp3) is 0.400. The molecule has 0 radical (unpaired) electrons. The van der Waals surface area contributed by atoms with Crippen LogP contribution >= 0.6 is 0 Å². The summed E-state index contributed by atoms with van der Waals surface area (Å²) in [6.45, 7) is 3.27. The molecule has 0 N–H and O–H groups in total. The molecule has 0 aliphatic heterocycles. The van der Waals surface area contributed by atoms with Crippen LogP contribution in [0.25, 0.3) is 0 Å². The summed E-state index contributed by atoms with van der Waals surface area (Å²) < 4.78 is 71.5. The van der Waals surface area contributed by atoms with Crippen molar-refractivity contribution in [2.75, 3.05) is 0 Å². The van der Waals surface area contributed by atoms with Gasteiger partial charge in [-0.2, -0.15) is 26.3 Å². The lowest BCUT2D eigenvalue weighted by Gasteiger charge is -2.11. The Balaban J connectivity index is 5.48. The minimum Gasteiger partial charge on any atom is -0.165 e. The Bertz CT molecular complexity index is 347. The van der Waals surface area contributed by atoms with Crippen LogP contribution in [0.3, 0.4) is 0 Å². The number of alkyl halides is 6. The quantitative estimate of drug-likeness (QED) is 0.365. The molecule has 0 aromatic carbocycles. The molecule has 90 valence electrons. The third kappa shape index (κ3) is 5.49. The maximum absolute atomic E-state index is 11.9. The number of hydrogen-bond donors (Lipinski definition) is 0. The van der Waals surface area contributed by atoms with Crippen molar-refractivity contribution in [2.24, 2.45) is 0 Å². The van der Waals surface area contributed by atoms with Gasteiger partial charge in [0.25, 0.3) is 0 Å². The average Bonchev–Trinajstić information content (AvgIpc) is 1.97. The molecule has 0 unspecified atom stereocenters. The smallest absolute Gasteiger partial charge is 0.165 e. The Kier molecular flexibility index (Phi) is 4.66. The number of halogens is 6. The Morgan fingerprint density at radius 2 is 1.38 bits per heavy atom. The Hall–Kier alpha value is -1.38. The van der Waals surface area contributed by atoms with Gasteiger partial charge in [0.2, 0.25) is 0 Å². The molecule has 6 heteroatoms. The highest BCUT2D eigenvalue weighted by molar-refractivity contribution is 5.16. The zero-order valence-corrected chi connectivity index (χ0v) is 8.42. The van der Waals surface area contributed by atoms with E-state index in [1.165, 1.54) is 6.08 Å². The largest absolute Gasteiger partial charge is 0.429 e. The third-order valence-corrected chi connectivity index (χ3v) is 1.26. The highest BCUT2D eigenvalue weighted by Gasteiger charge is 2.51. The predicted molar refractivity (Wildman–Crippen MR) is 46.7 cm³/mol. The normalized spacial score (nSPS) is 11.2. The van der Waals surface area contributed by atoms with Crippen molar-refractivity contribution in [3.63, 3.8) is 0 Å². The molecule has 0 aromatic rings. The second-order valence-corrected chi connectivity index (χ2v) is 3.05. The van der Waals surface area contributed by atoms with Crippen molar-refractivity contribution in [1.29, 1.82) is 0 Å². The summed E-state index contributed by atoms with van der Waals surface area (Å²) in [7, 11) is 0. The summed E-state index contributed by atoms with van der Waals surface area (Å²) in [6, 6.07) is 0. The second-order valence-electron chi connectivity index (χ2n) is 3.05. The first-order valence-electron chi connectivity index (χ1n) is 4.04. The first-order valence-corrected chi connectivity index (χ1v) is 4.04. The maximum Gasteiger partial charge on any atom is 0.429 e. The molecule has 0 nitrogen and oxygen atoms in total. The van der Waals surface area contributed by atoms with Gasteiger partial charge in [-0.05, 0) is 19.9 Å². The molecule has 0 heterocycles. The van der Waals surface area contributed by atoms with Gasteiger partial charge in [-0.1, -0.05) is 23.1 Å². The molecule has 0 aliphatic carbocycles. The van der Waals surface area contributed by atoms with Crippen LogP contribution in [0.15, 0.2) is 34.8 Å². The van der Waals surface area contributed by atoms with Crippen LogP contribution in [0.4, 0.5) is 26.3 Å². The van der Waals surface area contributed by atoms with Gasteiger partial charge in [-0.25, -0.2) is 0 Å². The van der Waals surface area contributed by atoms with E-state index in [9.17, 15) is 26.3 Å². The summed E-state index contributed by atoms with van der Waals surface area (Å²) in [5.74, 6) is 0. The maximum atomic E-state index is 11.9. The second kappa shape index (κ2) is 5.10. The van der Waals surface area contributed by atoms with Gasteiger partial charge in [-0.15, -0.1) is 0 Å². The third-order valence-electron chi connectivity index (χ3n) is 1.26. The fourth-order valence-electron chi connectivity index (χ4n) is 0.625. The van der Waals surface area contributed by atoms with E-state index in [-0.39, 0.29) is 0 Å². The molecular weight excluding hydrogens is 234 g/mol. The van der Waals surface area contributed by atoms with Crippen LogP contribution in [0, 0.1) is 0 Å². The molecule has 0 aromatic heterocycles. The molecule has 0 amide bonds. The van der Waals surface area contributed by atoms with E-state index in [0.29, 0.717) is 0 Å². The minimum absolute atomic E-state index is 0.717. The molecule has 0 spiro atoms. The number of hydrogen-bond acceptors (Lipinski definition) is 0. The number of rotatable bonds is 1. The highest BCUT2D eigenvalue weighted by Crippen LogP contribution is 2.37. The van der Waals surface area contributed by atoms with Crippen LogP contribution in [0.5, 0.6) is 0 Å². The van der Waals surface area contributed by atoms with E-state index in [4.69, 9.17) is 0 Å². The molecular formula is C10H8F6. The Morgan fingerprint density at radius 1 is 0.938 bits per heavy atom. The first kappa shape index (κ1) is 14.6. The van der Waals surface area contributed by atoms with Crippen LogP contribution in [-0.2, 0) is 0 Å². The van der Waals surface area contributed by atoms with Crippen molar-refractivity contribution >= 4 is 0 Å². The molecule has 0 aliphatic rings. The Labute approximate surface area is 88.3 Å². The van der Waals surface area contributed by atoms with E-state index >= 15 is 0 Å². The van der Waals surface area contributed by atoms with E-state index in [2.05, 4.69) is 0 Å². The van der Waals surface area contributed by atoms with Crippen LogP contribution < -0.4 is 0 Å². The minimum atomic E-state index is -5.48. The van der Waals surface area contributed by atoms with Gasteiger partial charge < -0.3 is 0 Å². The van der Waals surface area contributed by atoms with Gasteiger partial charge in [0, 0.05) is 0 Å².